The Morgan fingerprint density at radius 1 is 1.16 bits per heavy atom. The summed E-state index contributed by atoms with van der Waals surface area (Å²) < 4.78 is 1.72. The van der Waals surface area contributed by atoms with Gasteiger partial charge in [0, 0.05) is 47.1 Å². The van der Waals surface area contributed by atoms with Gasteiger partial charge in [-0.3, -0.25) is 9.48 Å². The number of tetrazole rings is 1. The maximum absolute atomic E-state index is 12.8. The average molecular weight is 435 g/mol. The molecule has 10 heteroatoms. The molecule has 0 radical (unpaired) electrons. The number of carbonyl (C=O) groups excluding carboxylic acids is 1. The molecule has 1 amide bonds. The molecule has 0 fully saturated rings. The largest absolute Gasteiger partial charge is 0.339 e. The van der Waals surface area contributed by atoms with Crippen molar-refractivity contribution in [2.24, 2.45) is 7.05 Å². The smallest absolute Gasteiger partial charge is 0.255 e. The average Bonchev–Trinajstić information content (AvgIpc) is 3.45. The van der Waals surface area contributed by atoms with Gasteiger partial charge in [-0.05, 0) is 36.4 Å². The number of thioether (sulfide) groups is 1. The fourth-order valence-electron chi connectivity index (χ4n) is 2.89. The number of nitrogens with one attached hydrogen (secondary N) is 3. The first-order valence-electron chi connectivity index (χ1n) is 9.72. The maximum Gasteiger partial charge on any atom is 0.255 e. The van der Waals surface area contributed by atoms with Crippen molar-refractivity contribution in [3.63, 3.8) is 0 Å². The molecule has 9 nitrogen and oxygen atoms in total. The van der Waals surface area contributed by atoms with Gasteiger partial charge < -0.3 is 10.6 Å². The summed E-state index contributed by atoms with van der Waals surface area (Å²) in [6.07, 6.45) is 1.86. The second-order valence-electron chi connectivity index (χ2n) is 7.01. The van der Waals surface area contributed by atoms with E-state index in [-0.39, 0.29) is 11.8 Å². The van der Waals surface area contributed by atoms with Crippen molar-refractivity contribution in [1.29, 1.82) is 0 Å². The van der Waals surface area contributed by atoms with Crippen LogP contribution >= 0.6 is 11.8 Å². The van der Waals surface area contributed by atoms with Gasteiger partial charge >= 0.3 is 0 Å². The van der Waals surface area contributed by atoms with E-state index >= 15 is 0 Å². The first-order valence-corrected chi connectivity index (χ1v) is 10.7. The number of hydrogen-bond acceptors (Lipinski definition) is 7. The molecule has 31 heavy (non-hydrogen) atoms. The Bertz CT molecular complexity index is 1140. The molecule has 0 aliphatic heterocycles. The lowest BCUT2D eigenvalue weighted by atomic mass is 10.2. The molecule has 0 spiro atoms. The number of aromatic nitrogens is 6. The van der Waals surface area contributed by atoms with Gasteiger partial charge in [-0.1, -0.05) is 24.3 Å². The molecule has 4 rings (SSSR count). The molecule has 0 saturated carbocycles. The van der Waals surface area contributed by atoms with Crippen LogP contribution in [0.2, 0.25) is 0 Å². The van der Waals surface area contributed by atoms with Crippen molar-refractivity contribution in [2.75, 3.05) is 16.4 Å². The summed E-state index contributed by atoms with van der Waals surface area (Å²) in [5.74, 6) is 2.16. The van der Waals surface area contributed by atoms with Crippen LogP contribution in [0.3, 0.4) is 0 Å². The number of benzene rings is 2. The fourth-order valence-corrected chi connectivity index (χ4v) is 3.92. The van der Waals surface area contributed by atoms with Crippen LogP contribution in [-0.2, 0) is 7.05 Å². The maximum atomic E-state index is 12.8. The quantitative estimate of drug-likeness (QED) is 0.361. The third kappa shape index (κ3) is 5.28. The first kappa shape index (κ1) is 20.6. The van der Waals surface area contributed by atoms with Gasteiger partial charge in [0.1, 0.15) is 0 Å². The first-order chi connectivity index (χ1) is 15.1. The molecule has 1 unspecified atom stereocenters. The zero-order chi connectivity index (χ0) is 21.6. The summed E-state index contributed by atoms with van der Waals surface area (Å²) in [6, 6.07) is 16.9. The molecule has 3 N–H and O–H groups in total. The lowest BCUT2D eigenvalue weighted by Crippen LogP contribution is -2.12. The van der Waals surface area contributed by atoms with Gasteiger partial charge in [-0.15, -0.1) is 22.0 Å². The Balaban J connectivity index is 1.39. The predicted molar refractivity (Wildman–Crippen MR) is 121 cm³/mol. The van der Waals surface area contributed by atoms with Gasteiger partial charge in [-0.25, -0.2) is 0 Å². The number of nitrogens with zero attached hydrogens (tertiary/aromatic N) is 5. The minimum Gasteiger partial charge on any atom is -0.339 e. The van der Waals surface area contributed by atoms with Crippen LogP contribution in [-0.4, -0.2) is 42.1 Å². The number of anilines is 3. The summed E-state index contributed by atoms with van der Waals surface area (Å²) in [6.45, 7) is 2.04. The Hall–Kier alpha value is -3.66. The Morgan fingerprint density at radius 2 is 1.97 bits per heavy atom. The number of amides is 1. The molecule has 2 aromatic carbocycles. The SMILES string of the molecule is CC(CSc1ccccc1NC(=O)c1ccc(Nc2ccn(C)n2)cc1)c1nn[nH]n1. The third-order valence-electron chi connectivity index (χ3n) is 4.56. The number of hydrogen-bond donors (Lipinski definition) is 3. The highest BCUT2D eigenvalue weighted by Crippen LogP contribution is 2.30. The number of aromatic amines is 1. The molecule has 4 aromatic rings. The Labute approximate surface area is 183 Å². The van der Waals surface area contributed by atoms with Gasteiger partial charge in [0.25, 0.3) is 5.91 Å². The van der Waals surface area contributed by atoms with E-state index in [0.717, 1.165) is 27.8 Å². The van der Waals surface area contributed by atoms with Gasteiger partial charge in [-0.2, -0.15) is 10.3 Å². The van der Waals surface area contributed by atoms with Crippen molar-refractivity contribution in [1.82, 2.24) is 30.4 Å². The lowest BCUT2D eigenvalue weighted by Gasteiger charge is -2.12. The summed E-state index contributed by atoms with van der Waals surface area (Å²) in [5, 5.41) is 24.7. The summed E-state index contributed by atoms with van der Waals surface area (Å²) in [7, 11) is 1.86. The number of H-pyrrole nitrogens is 1. The van der Waals surface area contributed by atoms with E-state index in [1.807, 2.05) is 62.6 Å². The molecular weight excluding hydrogens is 412 g/mol. The zero-order valence-electron chi connectivity index (χ0n) is 17.1. The minimum atomic E-state index is -0.163. The lowest BCUT2D eigenvalue weighted by molar-refractivity contribution is 0.102. The normalized spacial score (nSPS) is 11.8. The molecule has 2 aromatic heterocycles. The highest BCUT2D eigenvalue weighted by atomic mass is 32.2. The van der Waals surface area contributed by atoms with E-state index in [1.165, 1.54) is 0 Å². The second-order valence-corrected chi connectivity index (χ2v) is 8.07. The highest BCUT2D eigenvalue weighted by Gasteiger charge is 2.14. The number of carbonyl (C=O) groups is 1. The monoisotopic (exact) mass is 434 g/mol. The molecular formula is C21H22N8OS. The van der Waals surface area contributed by atoms with Crippen molar-refractivity contribution in [3.8, 4) is 0 Å². The van der Waals surface area contributed by atoms with Crippen LogP contribution in [0.5, 0.6) is 0 Å². The van der Waals surface area contributed by atoms with Crippen molar-refractivity contribution >= 4 is 34.9 Å². The van der Waals surface area contributed by atoms with Crippen LogP contribution in [0.15, 0.2) is 65.7 Å². The van der Waals surface area contributed by atoms with E-state index < -0.39 is 0 Å². The van der Waals surface area contributed by atoms with Gasteiger partial charge in [0.2, 0.25) is 0 Å². The number of para-hydroxylation sites is 1. The molecule has 0 aliphatic carbocycles. The van der Waals surface area contributed by atoms with Crippen molar-refractivity contribution in [2.45, 2.75) is 17.7 Å². The topological polar surface area (TPSA) is 113 Å². The van der Waals surface area contributed by atoms with Gasteiger partial charge in [0.05, 0.1) is 5.69 Å². The van der Waals surface area contributed by atoms with Crippen LogP contribution in [0.25, 0.3) is 0 Å². The molecule has 2 heterocycles. The Kier molecular flexibility index (Phi) is 6.27. The fraction of sp³-hybridized carbons (Fsp3) is 0.190. The summed E-state index contributed by atoms with van der Waals surface area (Å²) >= 11 is 1.64. The molecule has 0 bridgehead atoms. The Morgan fingerprint density at radius 3 is 2.68 bits per heavy atom. The van der Waals surface area contributed by atoms with E-state index in [4.69, 9.17) is 0 Å². The zero-order valence-corrected chi connectivity index (χ0v) is 17.9. The van der Waals surface area contributed by atoms with E-state index in [2.05, 4.69) is 36.4 Å². The van der Waals surface area contributed by atoms with Crippen molar-refractivity contribution < 1.29 is 4.79 Å². The predicted octanol–water partition coefficient (Wildman–Crippen LogP) is 3.82. The highest BCUT2D eigenvalue weighted by molar-refractivity contribution is 7.99. The standard InChI is InChI=1S/C21H22N8OS/c1-14(20-24-27-28-25-20)13-31-18-6-4-3-5-17(18)23-21(30)15-7-9-16(10-8-15)22-19-11-12-29(2)26-19/h3-12,14H,13H2,1-2H3,(H,22,26)(H,23,30)(H,24,25,27,28). The van der Waals surface area contributed by atoms with Gasteiger partial charge in [0.15, 0.2) is 11.6 Å². The molecule has 0 saturated heterocycles. The van der Waals surface area contributed by atoms with Crippen LogP contribution in [0, 0.1) is 0 Å². The van der Waals surface area contributed by atoms with E-state index in [0.29, 0.717) is 11.4 Å². The van der Waals surface area contributed by atoms with E-state index in [9.17, 15) is 4.79 Å². The molecule has 0 aliphatic rings. The van der Waals surface area contributed by atoms with Crippen LogP contribution in [0.1, 0.15) is 29.0 Å². The van der Waals surface area contributed by atoms with Crippen molar-refractivity contribution in [3.05, 3.63) is 72.2 Å². The van der Waals surface area contributed by atoms with Crippen LogP contribution < -0.4 is 10.6 Å². The summed E-state index contributed by atoms with van der Waals surface area (Å²) in [5.41, 5.74) is 2.21. The second kappa shape index (κ2) is 9.43. The molecule has 158 valence electrons. The van der Waals surface area contributed by atoms with E-state index in [1.54, 1.807) is 28.6 Å². The number of rotatable bonds is 8. The number of aryl methyl sites for hydroxylation is 1. The summed E-state index contributed by atoms with van der Waals surface area (Å²) in [4.78, 5) is 13.8. The minimum absolute atomic E-state index is 0.131. The third-order valence-corrected chi connectivity index (χ3v) is 5.89. The van der Waals surface area contributed by atoms with Crippen LogP contribution in [0.4, 0.5) is 17.2 Å². The molecule has 1 atom stereocenters.